The predicted octanol–water partition coefficient (Wildman–Crippen LogP) is 1.71. The smallest absolute Gasteiger partial charge is 0.348 e. The number of aliphatic carboxylic acids is 1. The van der Waals surface area contributed by atoms with Crippen molar-refractivity contribution >= 4 is 5.97 Å². The lowest BCUT2D eigenvalue weighted by atomic mass is 9.94. The Balaban J connectivity index is 2.15. The molecule has 0 spiro atoms. The molecule has 0 amide bonds. The first-order valence-corrected chi connectivity index (χ1v) is 5.80. The van der Waals surface area contributed by atoms with Gasteiger partial charge >= 0.3 is 5.97 Å². The van der Waals surface area contributed by atoms with Gasteiger partial charge in [-0.2, -0.15) is 0 Å². The summed E-state index contributed by atoms with van der Waals surface area (Å²) in [6, 6.07) is 6.90. The average Bonchev–Trinajstić information content (AvgIpc) is 2.40. The fourth-order valence-electron chi connectivity index (χ4n) is 1.93. The Hall–Kier alpha value is -1.75. The minimum atomic E-state index is -1.17. The second-order valence-electron chi connectivity index (χ2n) is 4.19. The van der Waals surface area contributed by atoms with Crippen LogP contribution in [0.5, 0.6) is 11.5 Å². The maximum atomic E-state index is 11.4. The molecule has 5 heteroatoms. The third kappa shape index (κ3) is 2.56. The molecule has 0 atom stereocenters. The molecule has 1 heterocycles. The Bertz CT molecular complexity index is 406. The molecule has 18 heavy (non-hydrogen) atoms. The lowest BCUT2D eigenvalue weighted by Crippen LogP contribution is -2.49. The van der Waals surface area contributed by atoms with Gasteiger partial charge in [-0.05, 0) is 24.3 Å². The first-order chi connectivity index (χ1) is 8.66. The lowest BCUT2D eigenvalue weighted by molar-refractivity contribution is -0.163. The number of methoxy groups -OCH3 is 1. The standard InChI is InChI=1S/C13H16O5/c1-16-10-2-4-11(5-3-10)18-13(12(14)15)6-8-17-9-7-13/h2-5H,6-9H2,1H3,(H,14,15). The summed E-state index contributed by atoms with van der Waals surface area (Å²) in [6.45, 7) is 0.810. The Labute approximate surface area is 105 Å². The topological polar surface area (TPSA) is 65.0 Å². The van der Waals surface area contributed by atoms with Crippen molar-refractivity contribution in [1.82, 2.24) is 0 Å². The van der Waals surface area contributed by atoms with Gasteiger partial charge in [0.05, 0.1) is 20.3 Å². The Morgan fingerprint density at radius 3 is 2.28 bits per heavy atom. The highest BCUT2D eigenvalue weighted by Gasteiger charge is 2.42. The molecule has 1 aromatic rings. The van der Waals surface area contributed by atoms with Crippen LogP contribution in [0.4, 0.5) is 0 Å². The average molecular weight is 252 g/mol. The van der Waals surface area contributed by atoms with Gasteiger partial charge in [-0.1, -0.05) is 0 Å². The van der Waals surface area contributed by atoms with Crippen LogP contribution in [0.1, 0.15) is 12.8 Å². The summed E-state index contributed by atoms with van der Waals surface area (Å²) in [5, 5.41) is 9.35. The number of benzene rings is 1. The molecular weight excluding hydrogens is 236 g/mol. The van der Waals surface area contributed by atoms with Crippen LogP contribution >= 0.6 is 0 Å². The number of hydrogen-bond acceptors (Lipinski definition) is 4. The minimum Gasteiger partial charge on any atom is -0.497 e. The first kappa shape index (κ1) is 12.7. The lowest BCUT2D eigenvalue weighted by Gasteiger charge is -2.33. The summed E-state index contributed by atoms with van der Waals surface area (Å²) in [7, 11) is 1.58. The quantitative estimate of drug-likeness (QED) is 0.883. The molecule has 1 aliphatic heterocycles. The van der Waals surface area contributed by atoms with E-state index in [2.05, 4.69) is 0 Å². The summed E-state index contributed by atoms with van der Waals surface area (Å²) < 4.78 is 15.9. The molecule has 0 aliphatic carbocycles. The van der Waals surface area contributed by atoms with Crippen molar-refractivity contribution in [3.8, 4) is 11.5 Å². The van der Waals surface area contributed by atoms with Gasteiger partial charge in [0.25, 0.3) is 0 Å². The van der Waals surface area contributed by atoms with Crippen LogP contribution in [0.2, 0.25) is 0 Å². The van der Waals surface area contributed by atoms with E-state index in [9.17, 15) is 9.90 Å². The molecular formula is C13H16O5. The zero-order valence-corrected chi connectivity index (χ0v) is 10.2. The van der Waals surface area contributed by atoms with E-state index >= 15 is 0 Å². The molecule has 1 fully saturated rings. The van der Waals surface area contributed by atoms with Gasteiger partial charge in [0.15, 0.2) is 0 Å². The van der Waals surface area contributed by atoms with Crippen LogP contribution in [-0.2, 0) is 9.53 Å². The van der Waals surface area contributed by atoms with E-state index in [0.29, 0.717) is 37.6 Å². The van der Waals surface area contributed by atoms with Gasteiger partial charge < -0.3 is 19.3 Å². The molecule has 0 saturated carbocycles. The molecule has 0 aromatic heterocycles. The van der Waals surface area contributed by atoms with Gasteiger partial charge in [-0.3, -0.25) is 0 Å². The van der Waals surface area contributed by atoms with Gasteiger partial charge in [-0.15, -0.1) is 0 Å². The summed E-state index contributed by atoms with van der Waals surface area (Å²) in [4.78, 5) is 11.4. The summed E-state index contributed by atoms with van der Waals surface area (Å²) in [5.74, 6) is 0.292. The van der Waals surface area contributed by atoms with E-state index in [0.717, 1.165) is 0 Å². The fourth-order valence-corrected chi connectivity index (χ4v) is 1.93. The van der Waals surface area contributed by atoms with Crippen LogP contribution in [-0.4, -0.2) is 37.0 Å². The number of ether oxygens (including phenoxy) is 3. The largest absolute Gasteiger partial charge is 0.497 e. The second-order valence-corrected chi connectivity index (χ2v) is 4.19. The van der Waals surface area contributed by atoms with Crippen molar-refractivity contribution in [3.63, 3.8) is 0 Å². The van der Waals surface area contributed by atoms with Gasteiger partial charge in [0.2, 0.25) is 5.60 Å². The SMILES string of the molecule is COc1ccc(OC2(C(=O)O)CCOCC2)cc1. The highest BCUT2D eigenvalue weighted by Crippen LogP contribution is 2.29. The van der Waals surface area contributed by atoms with Crippen LogP contribution in [0.3, 0.4) is 0 Å². The van der Waals surface area contributed by atoms with Crippen molar-refractivity contribution in [2.45, 2.75) is 18.4 Å². The monoisotopic (exact) mass is 252 g/mol. The van der Waals surface area contributed by atoms with E-state index in [1.807, 2.05) is 0 Å². The zero-order chi connectivity index (χ0) is 13.0. The van der Waals surface area contributed by atoms with Crippen LogP contribution in [0.25, 0.3) is 0 Å². The molecule has 0 bridgehead atoms. The van der Waals surface area contributed by atoms with E-state index < -0.39 is 11.6 Å². The second kappa shape index (κ2) is 5.27. The van der Waals surface area contributed by atoms with E-state index in [-0.39, 0.29) is 0 Å². The van der Waals surface area contributed by atoms with E-state index in [1.54, 1.807) is 31.4 Å². The van der Waals surface area contributed by atoms with E-state index in [4.69, 9.17) is 14.2 Å². The molecule has 1 aromatic carbocycles. The zero-order valence-electron chi connectivity index (χ0n) is 10.2. The molecule has 98 valence electrons. The third-order valence-electron chi connectivity index (χ3n) is 3.06. The number of carboxylic acid groups (broad SMARTS) is 1. The van der Waals surface area contributed by atoms with Crippen LogP contribution < -0.4 is 9.47 Å². The van der Waals surface area contributed by atoms with Crippen molar-refractivity contribution in [2.75, 3.05) is 20.3 Å². The normalized spacial score (nSPS) is 18.1. The molecule has 0 radical (unpaired) electrons. The van der Waals surface area contributed by atoms with Gasteiger partial charge in [-0.25, -0.2) is 4.79 Å². The van der Waals surface area contributed by atoms with Crippen LogP contribution in [0.15, 0.2) is 24.3 Å². The number of hydrogen-bond donors (Lipinski definition) is 1. The maximum absolute atomic E-state index is 11.4. The van der Waals surface area contributed by atoms with Gasteiger partial charge in [0, 0.05) is 12.8 Å². The molecule has 0 unspecified atom stereocenters. The van der Waals surface area contributed by atoms with Crippen molar-refractivity contribution in [1.29, 1.82) is 0 Å². The minimum absolute atomic E-state index is 0.356. The predicted molar refractivity (Wildman–Crippen MR) is 64.0 cm³/mol. The van der Waals surface area contributed by atoms with Crippen molar-refractivity contribution in [2.24, 2.45) is 0 Å². The molecule has 2 rings (SSSR count). The highest BCUT2D eigenvalue weighted by atomic mass is 16.5. The first-order valence-electron chi connectivity index (χ1n) is 5.80. The highest BCUT2D eigenvalue weighted by molar-refractivity contribution is 5.78. The van der Waals surface area contributed by atoms with Crippen LogP contribution in [0, 0.1) is 0 Å². The summed E-state index contributed by atoms with van der Waals surface area (Å²) in [6.07, 6.45) is 0.711. The molecule has 1 aliphatic rings. The Kier molecular flexibility index (Phi) is 3.72. The fraction of sp³-hybridized carbons (Fsp3) is 0.462. The summed E-state index contributed by atoms with van der Waals surface area (Å²) >= 11 is 0. The Morgan fingerprint density at radius 2 is 1.78 bits per heavy atom. The third-order valence-corrected chi connectivity index (χ3v) is 3.06. The number of carbonyl (C=O) groups is 1. The molecule has 1 saturated heterocycles. The number of carboxylic acids is 1. The van der Waals surface area contributed by atoms with Gasteiger partial charge in [0.1, 0.15) is 11.5 Å². The van der Waals surface area contributed by atoms with E-state index in [1.165, 1.54) is 0 Å². The Morgan fingerprint density at radius 1 is 1.22 bits per heavy atom. The molecule has 1 N–H and O–H groups in total. The maximum Gasteiger partial charge on any atom is 0.348 e. The number of rotatable bonds is 4. The molecule has 5 nitrogen and oxygen atoms in total. The summed E-state index contributed by atoms with van der Waals surface area (Å²) in [5.41, 5.74) is -1.17. The van der Waals surface area contributed by atoms with Crippen molar-refractivity contribution < 1.29 is 24.1 Å². The van der Waals surface area contributed by atoms with Crippen molar-refractivity contribution in [3.05, 3.63) is 24.3 Å².